The van der Waals surface area contributed by atoms with Crippen molar-refractivity contribution in [2.75, 3.05) is 6.26 Å². The van der Waals surface area contributed by atoms with Crippen molar-refractivity contribution < 1.29 is 4.79 Å². The number of nitrogens with zero attached hydrogens (tertiary/aromatic N) is 4. The molecule has 7 heteroatoms. The van der Waals surface area contributed by atoms with Crippen LogP contribution in [0.2, 0.25) is 0 Å². The van der Waals surface area contributed by atoms with Crippen LogP contribution >= 0.6 is 11.8 Å². The topological polar surface area (TPSA) is 83.1 Å². The second-order valence-corrected chi connectivity index (χ2v) is 5.58. The quantitative estimate of drug-likeness (QED) is 0.337. The van der Waals surface area contributed by atoms with Crippen molar-refractivity contribution in [2.24, 2.45) is 4.99 Å². The molecule has 1 N–H and O–H groups in total. The molecule has 0 bridgehead atoms. The van der Waals surface area contributed by atoms with Crippen molar-refractivity contribution in [1.82, 2.24) is 14.9 Å². The predicted octanol–water partition coefficient (Wildman–Crippen LogP) is 3.15. The SMILES string of the molecule is CSC(=Nc1ccccc1C(=O)n1cnc2ccccc21)NC#N. The molecule has 0 fully saturated rings. The average Bonchev–Trinajstić information content (AvgIpc) is 3.05. The fourth-order valence-corrected chi connectivity index (χ4v) is 2.62. The minimum absolute atomic E-state index is 0.222. The number of imidazole rings is 1. The first-order valence-electron chi connectivity index (χ1n) is 7.08. The number of carbonyl (C=O) groups is 1. The maximum absolute atomic E-state index is 12.9. The van der Waals surface area contributed by atoms with Crippen molar-refractivity contribution >= 4 is 39.6 Å². The lowest BCUT2D eigenvalue weighted by molar-refractivity contribution is 0.0965. The molecule has 0 saturated heterocycles. The Bertz CT molecular complexity index is 970. The van der Waals surface area contributed by atoms with Crippen LogP contribution in [0.4, 0.5) is 5.69 Å². The van der Waals surface area contributed by atoms with Crippen molar-refractivity contribution in [3.05, 3.63) is 60.4 Å². The van der Waals surface area contributed by atoms with Crippen molar-refractivity contribution in [1.29, 1.82) is 5.26 Å². The Morgan fingerprint density at radius 1 is 1.25 bits per heavy atom. The number of rotatable bonds is 2. The smallest absolute Gasteiger partial charge is 0.265 e. The van der Waals surface area contributed by atoms with Gasteiger partial charge in [0, 0.05) is 0 Å². The maximum Gasteiger partial charge on any atom is 0.265 e. The molecule has 0 amide bonds. The molecule has 1 aromatic heterocycles. The predicted molar refractivity (Wildman–Crippen MR) is 95.3 cm³/mol. The standard InChI is InChI=1S/C17H13N5OS/c1-24-17(19-10-18)21-13-7-3-2-6-12(13)16(23)22-11-20-14-8-4-5-9-15(14)22/h2-9,11H,1H3,(H,19,21). The average molecular weight is 335 g/mol. The molecular formula is C17H13N5OS. The van der Waals surface area contributed by atoms with Crippen LogP contribution < -0.4 is 5.32 Å². The van der Waals surface area contributed by atoms with E-state index in [1.165, 1.54) is 22.7 Å². The summed E-state index contributed by atoms with van der Waals surface area (Å²) >= 11 is 1.30. The zero-order chi connectivity index (χ0) is 16.9. The molecule has 3 aromatic rings. The van der Waals surface area contributed by atoms with E-state index >= 15 is 0 Å². The highest BCUT2D eigenvalue weighted by molar-refractivity contribution is 8.13. The van der Waals surface area contributed by atoms with Crippen LogP contribution in [-0.4, -0.2) is 26.9 Å². The third-order valence-corrected chi connectivity index (χ3v) is 3.97. The Morgan fingerprint density at radius 3 is 2.79 bits per heavy atom. The number of para-hydroxylation sites is 3. The summed E-state index contributed by atoms with van der Waals surface area (Å²) in [6.07, 6.45) is 5.15. The number of thioether (sulfide) groups is 1. The molecule has 3 rings (SSSR count). The number of nitriles is 1. The molecule has 118 valence electrons. The third kappa shape index (κ3) is 3.00. The lowest BCUT2D eigenvalue weighted by atomic mass is 10.1. The molecule has 24 heavy (non-hydrogen) atoms. The van der Waals surface area contributed by atoms with E-state index in [1.807, 2.05) is 30.5 Å². The van der Waals surface area contributed by atoms with Gasteiger partial charge in [0.25, 0.3) is 5.91 Å². The van der Waals surface area contributed by atoms with Gasteiger partial charge in [-0.25, -0.2) is 9.98 Å². The van der Waals surface area contributed by atoms with Crippen LogP contribution in [0.5, 0.6) is 0 Å². The highest BCUT2D eigenvalue weighted by Gasteiger charge is 2.16. The zero-order valence-electron chi connectivity index (χ0n) is 12.8. The molecule has 0 saturated carbocycles. The second-order valence-electron chi connectivity index (χ2n) is 4.78. The van der Waals surface area contributed by atoms with Gasteiger partial charge in [0.2, 0.25) is 0 Å². The molecule has 0 aliphatic heterocycles. The number of nitrogens with one attached hydrogen (secondary N) is 1. The molecule has 2 aromatic carbocycles. The number of carbonyl (C=O) groups excluding carboxylic acids is 1. The van der Waals surface area contributed by atoms with E-state index in [0.29, 0.717) is 16.4 Å². The summed E-state index contributed by atoms with van der Waals surface area (Å²) in [7, 11) is 0. The van der Waals surface area contributed by atoms with Crippen LogP contribution in [0.25, 0.3) is 11.0 Å². The highest BCUT2D eigenvalue weighted by atomic mass is 32.2. The molecule has 6 nitrogen and oxygen atoms in total. The number of hydrogen-bond donors (Lipinski definition) is 1. The number of hydrogen-bond acceptors (Lipinski definition) is 5. The molecule has 0 radical (unpaired) electrons. The first kappa shape index (κ1) is 15.8. The largest absolute Gasteiger partial charge is 0.271 e. The lowest BCUT2D eigenvalue weighted by Gasteiger charge is -2.07. The van der Waals surface area contributed by atoms with Gasteiger partial charge in [0.05, 0.1) is 22.3 Å². The Morgan fingerprint density at radius 2 is 2.00 bits per heavy atom. The minimum atomic E-state index is -0.222. The van der Waals surface area contributed by atoms with Crippen molar-refractivity contribution in [3.8, 4) is 6.19 Å². The number of fused-ring (bicyclic) bond motifs is 1. The van der Waals surface area contributed by atoms with Gasteiger partial charge in [-0.15, -0.1) is 0 Å². The van der Waals surface area contributed by atoms with Gasteiger partial charge in [-0.2, -0.15) is 5.26 Å². The highest BCUT2D eigenvalue weighted by Crippen LogP contribution is 2.23. The Kier molecular flexibility index (Phi) is 4.59. The summed E-state index contributed by atoms with van der Waals surface area (Å²) < 4.78 is 1.50. The monoisotopic (exact) mass is 335 g/mol. The van der Waals surface area contributed by atoms with Crippen molar-refractivity contribution in [3.63, 3.8) is 0 Å². The molecule has 1 heterocycles. The first-order valence-corrected chi connectivity index (χ1v) is 8.30. The summed E-state index contributed by atoms with van der Waals surface area (Å²) in [5, 5.41) is 11.7. The number of aromatic nitrogens is 2. The minimum Gasteiger partial charge on any atom is -0.271 e. The molecule has 0 unspecified atom stereocenters. The van der Waals surface area contributed by atoms with E-state index in [-0.39, 0.29) is 5.91 Å². The molecule has 0 aliphatic carbocycles. The van der Waals surface area contributed by atoms with Crippen LogP contribution in [0.15, 0.2) is 59.9 Å². The van der Waals surface area contributed by atoms with E-state index < -0.39 is 0 Å². The summed E-state index contributed by atoms with van der Waals surface area (Å²) in [6, 6.07) is 14.5. The van der Waals surface area contributed by atoms with Gasteiger partial charge in [0.1, 0.15) is 6.33 Å². The molecular weight excluding hydrogens is 322 g/mol. The molecule has 0 aliphatic rings. The van der Waals surface area contributed by atoms with Gasteiger partial charge < -0.3 is 0 Å². The number of benzene rings is 2. The first-order chi connectivity index (χ1) is 11.7. The molecule has 0 atom stereocenters. The summed E-state index contributed by atoms with van der Waals surface area (Å²) in [5.74, 6) is -0.222. The van der Waals surface area contributed by atoms with E-state index in [4.69, 9.17) is 5.26 Å². The summed E-state index contributed by atoms with van der Waals surface area (Å²) in [6.45, 7) is 0. The van der Waals surface area contributed by atoms with Gasteiger partial charge in [-0.1, -0.05) is 36.0 Å². The normalized spacial score (nSPS) is 11.2. The fraction of sp³-hybridized carbons (Fsp3) is 0.0588. The van der Waals surface area contributed by atoms with Crippen LogP contribution in [0.1, 0.15) is 10.4 Å². The van der Waals surface area contributed by atoms with E-state index in [1.54, 1.807) is 30.5 Å². The van der Waals surface area contributed by atoms with Gasteiger partial charge in [-0.05, 0) is 30.5 Å². The zero-order valence-corrected chi connectivity index (χ0v) is 13.6. The van der Waals surface area contributed by atoms with E-state index in [9.17, 15) is 4.79 Å². The number of amidine groups is 1. The second kappa shape index (κ2) is 6.98. The molecule has 0 spiro atoms. The third-order valence-electron chi connectivity index (χ3n) is 3.38. The van der Waals surface area contributed by atoms with Gasteiger partial charge in [-0.3, -0.25) is 14.7 Å². The maximum atomic E-state index is 12.9. The van der Waals surface area contributed by atoms with Crippen LogP contribution in [0.3, 0.4) is 0 Å². The van der Waals surface area contributed by atoms with Crippen LogP contribution in [-0.2, 0) is 0 Å². The Labute approximate surface area is 142 Å². The Balaban J connectivity index is 2.07. The summed E-state index contributed by atoms with van der Waals surface area (Å²) in [4.78, 5) is 21.5. The fourth-order valence-electron chi connectivity index (χ4n) is 2.28. The van der Waals surface area contributed by atoms with E-state index in [0.717, 1.165) is 11.0 Å². The van der Waals surface area contributed by atoms with Gasteiger partial charge in [0.15, 0.2) is 11.4 Å². The summed E-state index contributed by atoms with van der Waals surface area (Å²) in [5.41, 5.74) is 2.42. The van der Waals surface area contributed by atoms with E-state index in [2.05, 4.69) is 15.3 Å². The number of aliphatic imine (C=N–C) groups is 1. The van der Waals surface area contributed by atoms with Gasteiger partial charge >= 0.3 is 0 Å². The Hall–Kier alpha value is -3.11. The van der Waals surface area contributed by atoms with Crippen molar-refractivity contribution in [2.45, 2.75) is 0 Å². The van der Waals surface area contributed by atoms with Crippen LogP contribution in [0, 0.1) is 11.5 Å². The lowest BCUT2D eigenvalue weighted by Crippen LogP contribution is -2.14.